The maximum atomic E-state index is 13.9. The second-order valence-electron chi connectivity index (χ2n) is 9.02. The molecular weight excluding hydrogens is 568 g/mol. The summed E-state index contributed by atoms with van der Waals surface area (Å²) in [5.74, 6) is 0.482. The third-order valence-electron chi connectivity index (χ3n) is 6.30. The Morgan fingerprint density at radius 1 is 1.12 bits per heavy atom. The molecule has 0 radical (unpaired) electrons. The first-order valence-electron chi connectivity index (χ1n) is 12.6. The number of benzene rings is 2. The van der Waals surface area contributed by atoms with Crippen LogP contribution in [0.1, 0.15) is 38.1 Å². The van der Waals surface area contributed by atoms with Crippen molar-refractivity contribution in [2.75, 3.05) is 13.7 Å². The van der Waals surface area contributed by atoms with Gasteiger partial charge in [0.05, 0.1) is 35.6 Å². The van der Waals surface area contributed by atoms with Gasteiger partial charge in [-0.1, -0.05) is 29.0 Å². The van der Waals surface area contributed by atoms with Crippen LogP contribution in [0.25, 0.3) is 17.4 Å². The van der Waals surface area contributed by atoms with E-state index < -0.39 is 18.0 Å². The molecule has 0 amide bonds. The van der Waals surface area contributed by atoms with E-state index in [0.29, 0.717) is 37.1 Å². The number of ether oxygens (including phenoxy) is 3. The van der Waals surface area contributed by atoms with Gasteiger partial charge >= 0.3 is 11.9 Å². The second-order valence-corrected chi connectivity index (χ2v) is 10.5. The number of nitrogens with zero attached hydrogens (tertiary/aromatic N) is 2. The summed E-state index contributed by atoms with van der Waals surface area (Å²) >= 11 is 7.17. The van der Waals surface area contributed by atoms with Crippen molar-refractivity contribution in [3.63, 3.8) is 0 Å². The summed E-state index contributed by atoms with van der Waals surface area (Å²) in [6.45, 7) is 4.84. The highest BCUT2D eigenvalue weighted by atomic mass is 35.5. The zero-order valence-corrected chi connectivity index (χ0v) is 24.2. The highest BCUT2D eigenvalue weighted by Gasteiger charge is 2.34. The molecule has 1 aliphatic heterocycles. The molecule has 4 aromatic rings. The molecule has 1 atom stereocenters. The van der Waals surface area contributed by atoms with Gasteiger partial charge in [0.15, 0.2) is 16.3 Å². The van der Waals surface area contributed by atoms with E-state index in [-0.39, 0.29) is 29.2 Å². The fraction of sp³-hybridized carbons (Fsp3) is 0.200. The molecule has 5 rings (SSSR count). The first-order chi connectivity index (χ1) is 19.7. The van der Waals surface area contributed by atoms with Gasteiger partial charge in [-0.05, 0) is 67.9 Å². The molecule has 0 N–H and O–H groups in total. The van der Waals surface area contributed by atoms with E-state index in [1.165, 1.54) is 29.9 Å². The van der Waals surface area contributed by atoms with Gasteiger partial charge in [0.2, 0.25) is 0 Å². The Labute approximate surface area is 243 Å². The zero-order chi connectivity index (χ0) is 29.3. The molecule has 1 unspecified atom stereocenters. The molecule has 0 saturated heterocycles. The highest BCUT2D eigenvalue weighted by molar-refractivity contribution is 7.07. The molecule has 0 bridgehead atoms. The number of methoxy groups -OCH3 is 1. The Bertz CT molecular complexity index is 1870. The van der Waals surface area contributed by atoms with E-state index in [1.54, 1.807) is 56.3 Å². The van der Waals surface area contributed by atoms with Crippen molar-refractivity contribution in [3.05, 3.63) is 102 Å². The quantitative estimate of drug-likeness (QED) is 0.227. The number of hydrogen-bond donors (Lipinski definition) is 0. The van der Waals surface area contributed by atoms with E-state index >= 15 is 0 Å². The number of aromatic nitrogens is 1. The maximum Gasteiger partial charge on any atom is 0.338 e. The number of furan rings is 1. The number of halogens is 1. The minimum atomic E-state index is -0.867. The summed E-state index contributed by atoms with van der Waals surface area (Å²) in [6.07, 6.45) is 1.65. The normalized spacial score (nSPS) is 14.9. The highest BCUT2D eigenvalue weighted by Crippen LogP contribution is 2.36. The Morgan fingerprint density at radius 2 is 1.88 bits per heavy atom. The van der Waals surface area contributed by atoms with E-state index in [9.17, 15) is 14.4 Å². The minimum Gasteiger partial charge on any atom is -0.493 e. The van der Waals surface area contributed by atoms with Crippen LogP contribution in [0.15, 0.2) is 80.1 Å². The maximum absolute atomic E-state index is 13.9. The Kier molecular flexibility index (Phi) is 7.96. The van der Waals surface area contributed by atoms with Crippen molar-refractivity contribution < 1.29 is 28.2 Å². The number of allylic oxidation sites excluding steroid dienone is 1. The summed E-state index contributed by atoms with van der Waals surface area (Å²) in [7, 11) is 1.44. The van der Waals surface area contributed by atoms with E-state index in [1.807, 2.05) is 18.2 Å². The number of hydrogen-bond acceptors (Lipinski definition) is 9. The summed E-state index contributed by atoms with van der Waals surface area (Å²) in [5.41, 5.74) is 1.67. The van der Waals surface area contributed by atoms with Crippen LogP contribution in [0, 0.1) is 0 Å². The molecule has 41 heavy (non-hydrogen) atoms. The first kappa shape index (κ1) is 28.1. The number of rotatable bonds is 7. The lowest BCUT2D eigenvalue weighted by molar-refractivity contribution is -0.139. The van der Waals surface area contributed by atoms with Crippen LogP contribution < -0.4 is 24.4 Å². The van der Waals surface area contributed by atoms with Gasteiger partial charge in [0, 0.05) is 23.6 Å². The Hall–Kier alpha value is -4.41. The topological polar surface area (TPSA) is 109 Å². The van der Waals surface area contributed by atoms with Crippen molar-refractivity contribution in [3.8, 4) is 22.8 Å². The summed E-state index contributed by atoms with van der Waals surface area (Å²) in [5, 5.41) is 0.618. The molecule has 210 valence electrons. The van der Waals surface area contributed by atoms with Crippen LogP contribution >= 0.6 is 22.9 Å². The number of carbonyl (C=O) groups is 2. The fourth-order valence-electron chi connectivity index (χ4n) is 4.53. The van der Waals surface area contributed by atoms with Gasteiger partial charge in [-0.2, -0.15) is 0 Å². The average Bonchev–Trinajstić information content (AvgIpc) is 3.52. The monoisotopic (exact) mass is 592 g/mol. The average molecular weight is 593 g/mol. The minimum absolute atomic E-state index is 0.149. The molecule has 0 aliphatic carbocycles. The smallest absolute Gasteiger partial charge is 0.338 e. The van der Waals surface area contributed by atoms with Gasteiger partial charge < -0.3 is 18.6 Å². The molecule has 3 heterocycles. The predicted octanol–water partition coefficient (Wildman–Crippen LogP) is 4.65. The van der Waals surface area contributed by atoms with E-state index in [0.717, 1.165) is 5.56 Å². The lowest BCUT2D eigenvalue weighted by atomic mass is 9.95. The lowest BCUT2D eigenvalue weighted by Gasteiger charge is -2.25. The van der Waals surface area contributed by atoms with Gasteiger partial charge in [0.1, 0.15) is 11.5 Å². The molecule has 9 nitrogen and oxygen atoms in total. The molecule has 0 saturated carbocycles. The van der Waals surface area contributed by atoms with Crippen LogP contribution in [0.5, 0.6) is 11.5 Å². The third kappa shape index (κ3) is 5.61. The summed E-state index contributed by atoms with van der Waals surface area (Å²) in [6, 6.07) is 14.8. The van der Waals surface area contributed by atoms with Gasteiger partial charge in [-0.3, -0.25) is 14.2 Å². The van der Waals surface area contributed by atoms with Crippen molar-refractivity contribution in [1.82, 2.24) is 4.57 Å². The second kappa shape index (κ2) is 11.6. The van der Waals surface area contributed by atoms with Crippen molar-refractivity contribution in [2.24, 2.45) is 4.99 Å². The van der Waals surface area contributed by atoms with Gasteiger partial charge in [-0.15, -0.1) is 0 Å². The molecular formula is C30H25ClN2O7S. The summed E-state index contributed by atoms with van der Waals surface area (Å²) < 4.78 is 23.9. The van der Waals surface area contributed by atoms with Crippen molar-refractivity contribution in [1.29, 1.82) is 0 Å². The number of thiazole rings is 1. The van der Waals surface area contributed by atoms with E-state index in [4.69, 9.17) is 30.2 Å². The van der Waals surface area contributed by atoms with Crippen molar-refractivity contribution >= 4 is 41.0 Å². The SMILES string of the molecule is CCOC(=O)C1=C(C)N=c2s/c(=C/c3ccc(-c4ccc(Cl)cc4)o3)c(=O)n2C1c1ccc(OC(C)=O)c(OC)c1. The standard InChI is InChI=1S/C30H25ClN2O7S/c1-5-38-29(36)26-16(2)32-30-33(27(26)19-8-12-23(39-17(3)34)24(14-19)37-4)28(35)25(41-30)15-21-11-13-22(40-21)18-6-9-20(31)10-7-18/h6-15,27H,5H2,1-4H3/b25-15+. The van der Waals surface area contributed by atoms with Crippen LogP contribution in [-0.2, 0) is 14.3 Å². The number of esters is 2. The largest absolute Gasteiger partial charge is 0.493 e. The predicted molar refractivity (Wildman–Crippen MR) is 154 cm³/mol. The Balaban J connectivity index is 1.64. The fourth-order valence-corrected chi connectivity index (χ4v) is 5.68. The first-order valence-corrected chi connectivity index (χ1v) is 13.8. The lowest BCUT2D eigenvalue weighted by Crippen LogP contribution is -2.39. The molecule has 11 heteroatoms. The van der Waals surface area contributed by atoms with Gasteiger partial charge in [0.25, 0.3) is 5.56 Å². The zero-order valence-electron chi connectivity index (χ0n) is 22.6. The van der Waals surface area contributed by atoms with Crippen molar-refractivity contribution in [2.45, 2.75) is 26.8 Å². The Morgan fingerprint density at radius 3 is 2.56 bits per heavy atom. The summed E-state index contributed by atoms with van der Waals surface area (Å²) in [4.78, 5) is 43.6. The van der Waals surface area contributed by atoms with Crippen LogP contribution in [0.4, 0.5) is 0 Å². The molecule has 0 spiro atoms. The molecule has 2 aromatic carbocycles. The molecule has 2 aromatic heterocycles. The van der Waals surface area contributed by atoms with Crippen LogP contribution in [0.2, 0.25) is 5.02 Å². The number of fused-ring (bicyclic) bond motifs is 1. The van der Waals surface area contributed by atoms with Gasteiger partial charge in [-0.25, -0.2) is 9.79 Å². The van der Waals surface area contributed by atoms with Crippen LogP contribution in [0.3, 0.4) is 0 Å². The van der Waals surface area contributed by atoms with E-state index in [2.05, 4.69) is 4.99 Å². The molecule has 0 fully saturated rings. The third-order valence-corrected chi connectivity index (χ3v) is 7.54. The number of carbonyl (C=O) groups excluding carboxylic acids is 2. The van der Waals surface area contributed by atoms with Crippen LogP contribution in [-0.4, -0.2) is 30.2 Å². The molecule has 1 aliphatic rings.